The number of amides is 1. The normalized spacial score (nSPS) is 11.8. The maximum absolute atomic E-state index is 11.1. The highest BCUT2D eigenvalue weighted by Gasteiger charge is 2.07. The van der Waals surface area contributed by atoms with E-state index in [-0.39, 0.29) is 11.7 Å². The quantitative estimate of drug-likeness (QED) is 0.728. The number of benzene rings is 1. The van der Waals surface area contributed by atoms with Crippen LogP contribution in [-0.2, 0) is 0 Å². The van der Waals surface area contributed by atoms with Crippen molar-refractivity contribution in [1.82, 2.24) is 4.98 Å². The van der Waals surface area contributed by atoms with Gasteiger partial charge in [-0.15, -0.1) is 0 Å². The van der Waals surface area contributed by atoms with Crippen molar-refractivity contribution in [1.29, 1.82) is 0 Å². The van der Waals surface area contributed by atoms with Crippen molar-refractivity contribution in [3.8, 4) is 0 Å². The van der Waals surface area contributed by atoms with Gasteiger partial charge in [0.1, 0.15) is 5.69 Å². The molecular weight excluding hydrogens is 240 g/mol. The molecule has 19 heavy (non-hydrogen) atoms. The Bertz CT molecular complexity index is 598. The van der Waals surface area contributed by atoms with E-state index in [0.717, 1.165) is 16.9 Å². The lowest BCUT2D eigenvalue weighted by molar-refractivity contribution is 0.0995. The van der Waals surface area contributed by atoms with Gasteiger partial charge in [-0.1, -0.05) is 12.1 Å². The van der Waals surface area contributed by atoms with E-state index in [1.165, 1.54) is 0 Å². The summed E-state index contributed by atoms with van der Waals surface area (Å²) in [5.41, 5.74) is 13.8. The lowest BCUT2D eigenvalue weighted by atomic mass is 10.1. The van der Waals surface area contributed by atoms with Crippen molar-refractivity contribution >= 4 is 17.3 Å². The van der Waals surface area contributed by atoms with Crippen LogP contribution in [0.5, 0.6) is 0 Å². The molecule has 5 N–H and O–H groups in total. The highest BCUT2D eigenvalue weighted by atomic mass is 16.1. The molecule has 0 radical (unpaired) electrons. The number of primary amides is 1. The number of anilines is 2. The fourth-order valence-corrected chi connectivity index (χ4v) is 1.82. The molecule has 0 bridgehead atoms. The summed E-state index contributed by atoms with van der Waals surface area (Å²) in [6.45, 7) is 2.01. The average molecular weight is 256 g/mol. The van der Waals surface area contributed by atoms with Crippen molar-refractivity contribution in [3.63, 3.8) is 0 Å². The molecule has 5 nitrogen and oxygen atoms in total. The van der Waals surface area contributed by atoms with Gasteiger partial charge in [0.15, 0.2) is 0 Å². The lowest BCUT2D eigenvalue weighted by Crippen LogP contribution is -2.14. The van der Waals surface area contributed by atoms with Crippen molar-refractivity contribution in [2.75, 3.05) is 11.1 Å². The van der Waals surface area contributed by atoms with Gasteiger partial charge in [0.25, 0.3) is 5.91 Å². The first-order valence-corrected chi connectivity index (χ1v) is 5.94. The summed E-state index contributed by atoms with van der Waals surface area (Å²) in [6.07, 6.45) is 1.55. The molecule has 0 aliphatic heterocycles. The first-order chi connectivity index (χ1) is 9.06. The van der Waals surface area contributed by atoms with Crippen LogP contribution in [0.15, 0.2) is 42.6 Å². The summed E-state index contributed by atoms with van der Waals surface area (Å²) in [4.78, 5) is 15.0. The minimum Gasteiger partial charge on any atom is -0.399 e. The van der Waals surface area contributed by atoms with E-state index in [0.29, 0.717) is 0 Å². The second-order valence-corrected chi connectivity index (χ2v) is 4.33. The largest absolute Gasteiger partial charge is 0.399 e. The molecule has 1 heterocycles. The molecule has 1 unspecified atom stereocenters. The summed E-state index contributed by atoms with van der Waals surface area (Å²) in [6, 6.07) is 11.1. The number of rotatable bonds is 4. The van der Waals surface area contributed by atoms with E-state index in [1.807, 2.05) is 31.2 Å². The molecule has 2 aromatic rings. The molecule has 0 fully saturated rings. The maximum Gasteiger partial charge on any atom is 0.267 e. The Balaban J connectivity index is 2.17. The molecule has 1 aromatic carbocycles. The lowest BCUT2D eigenvalue weighted by Gasteiger charge is -2.16. The van der Waals surface area contributed by atoms with E-state index >= 15 is 0 Å². The van der Waals surface area contributed by atoms with Gasteiger partial charge in [-0.25, -0.2) is 0 Å². The van der Waals surface area contributed by atoms with Crippen LogP contribution in [0.1, 0.15) is 29.0 Å². The van der Waals surface area contributed by atoms with E-state index in [1.54, 1.807) is 18.3 Å². The molecule has 1 atom stereocenters. The molecule has 98 valence electrons. The maximum atomic E-state index is 11.1. The minimum absolute atomic E-state index is 0.0617. The van der Waals surface area contributed by atoms with Gasteiger partial charge in [0.2, 0.25) is 0 Å². The van der Waals surface area contributed by atoms with Gasteiger partial charge in [0.05, 0.1) is 0 Å². The molecule has 1 aromatic heterocycles. The number of nitrogens with two attached hydrogens (primary N) is 2. The van der Waals surface area contributed by atoms with E-state index in [9.17, 15) is 4.79 Å². The Kier molecular flexibility index (Phi) is 3.66. The van der Waals surface area contributed by atoms with Gasteiger partial charge in [-0.05, 0) is 36.8 Å². The zero-order valence-electron chi connectivity index (χ0n) is 10.6. The number of nitrogen functional groups attached to an aromatic ring is 1. The van der Waals surface area contributed by atoms with Crippen LogP contribution in [-0.4, -0.2) is 10.9 Å². The number of carbonyl (C=O) groups is 1. The molecule has 0 saturated heterocycles. The summed E-state index contributed by atoms with van der Waals surface area (Å²) in [5.74, 6) is -0.541. The molecular formula is C14H16N4O. The molecule has 1 amide bonds. The van der Waals surface area contributed by atoms with Gasteiger partial charge in [-0.2, -0.15) is 0 Å². The zero-order valence-corrected chi connectivity index (χ0v) is 10.6. The zero-order chi connectivity index (χ0) is 13.8. The average Bonchev–Trinajstić information content (AvgIpc) is 2.39. The molecule has 0 aliphatic carbocycles. The number of hydrogen-bond donors (Lipinski definition) is 3. The Morgan fingerprint density at radius 2 is 2.11 bits per heavy atom. The van der Waals surface area contributed by atoms with Crippen LogP contribution < -0.4 is 16.8 Å². The minimum atomic E-state index is -0.541. The van der Waals surface area contributed by atoms with Crippen LogP contribution in [0.3, 0.4) is 0 Å². The van der Waals surface area contributed by atoms with E-state index in [2.05, 4.69) is 10.3 Å². The fraction of sp³-hybridized carbons (Fsp3) is 0.143. The third-order valence-electron chi connectivity index (χ3n) is 2.81. The standard InChI is InChI=1S/C14H16N4O/c1-9(10-3-2-4-11(15)7-10)18-12-5-6-17-13(8-12)14(16)19/h2-9H,15H2,1H3,(H2,16,19)(H,17,18). The van der Waals surface area contributed by atoms with Crippen molar-refractivity contribution in [2.45, 2.75) is 13.0 Å². The van der Waals surface area contributed by atoms with Crippen LogP contribution in [0.4, 0.5) is 11.4 Å². The van der Waals surface area contributed by atoms with Crippen molar-refractivity contribution in [3.05, 3.63) is 53.9 Å². The second kappa shape index (κ2) is 5.39. The van der Waals surface area contributed by atoms with Gasteiger partial charge < -0.3 is 16.8 Å². The van der Waals surface area contributed by atoms with Crippen LogP contribution >= 0.6 is 0 Å². The summed E-state index contributed by atoms with van der Waals surface area (Å²) < 4.78 is 0. The number of nitrogens with zero attached hydrogens (tertiary/aromatic N) is 1. The fourth-order valence-electron chi connectivity index (χ4n) is 1.82. The Labute approximate surface area is 111 Å². The Hall–Kier alpha value is -2.56. The van der Waals surface area contributed by atoms with E-state index in [4.69, 9.17) is 11.5 Å². The Morgan fingerprint density at radius 3 is 2.79 bits per heavy atom. The molecule has 5 heteroatoms. The topological polar surface area (TPSA) is 94.0 Å². The highest BCUT2D eigenvalue weighted by Crippen LogP contribution is 2.20. The highest BCUT2D eigenvalue weighted by molar-refractivity contribution is 5.91. The van der Waals surface area contributed by atoms with Crippen LogP contribution in [0.2, 0.25) is 0 Å². The second-order valence-electron chi connectivity index (χ2n) is 4.33. The number of carbonyl (C=O) groups excluding carboxylic acids is 1. The number of pyridine rings is 1. The molecule has 2 rings (SSSR count). The molecule has 0 saturated carbocycles. The van der Waals surface area contributed by atoms with Gasteiger partial charge >= 0.3 is 0 Å². The molecule has 0 aliphatic rings. The van der Waals surface area contributed by atoms with Crippen molar-refractivity contribution < 1.29 is 4.79 Å². The number of nitrogens with one attached hydrogen (secondary N) is 1. The SMILES string of the molecule is CC(Nc1ccnc(C(N)=O)c1)c1cccc(N)c1. The predicted molar refractivity (Wildman–Crippen MR) is 75.6 cm³/mol. The van der Waals surface area contributed by atoms with Crippen LogP contribution in [0, 0.1) is 0 Å². The van der Waals surface area contributed by atoms with Gasteiger partial charge in [-0.3, -0.25) is 9.78 Å². The summed E-state index contributed by atoms with van der Waals surface area (Å²) in [5, 5.41) is 3.28. The smallest absolute Gasteiger partial charge is 0.267 e. The third kappa shape index (κ3) is 3.22. The summed E-state index contributed by atoms with van der Waals surface area (Å²) >= 11 is 0. The van der Waals surface area contributed by atoms with Crippen molar-refractivity contribution in [2.24, 2.45) is 5.73 Å². The monoisotopic (exact) mass is 256 g/mol. The first kappa shape index (κ1) is 12.9. The first-order valence-electron chi connectivity index (χ1n) is 5.94. The van der Waals surface area contributed by atoms with Crippen LogP contribution in [0.25, 0.3) is 0 Å². The number of hydrogen-bond acceptors (Lipinski definition) is 4. The number of aromatic nitrogens is 1. The Morgan fingerprint density at radius 1 is 1.32 bits per heavy atom. The third-order valence-corrected chi connectivity index (χ3v) is 2.81. The summed E-state index contributed by atoms with van der Waals surface area (Å²) in [7, 11) is 0. The van der Waals surface area contributed by atoms with E-state index < -0.39 is 5.91 Å². The molecule has 0 spiro atoms. The predicted octanol–water partition coefficient (Wildman–Crippen LogP) is 1.94. The van der Waals surface area contributed by atoms with Gasteiger partial charge in [0, 0.05) is 23.6 Å².